The van der Waals surface area contributed by atoms with E-state index in [4.69, 9.17) is 14.6 Å². The van der Waals surface area contributed by atoms with E-state index in [0.29, 0.717) is 6.54 Å². The van der Waals surface area contributed by atoms with Crippen LogP contribution < -0.4 is 0 Å². The third-order valence-corrected chi connectivity index (χ3v) is 3.21. The Morgan fingerprint density at radius 1 is 1.55 bits per heavy atom. The molecule has 0 aromatic heterocycles. The van der Waals surface area contributed by atoms with E-state index in [1.54, 1.807) is 4.90 Å². The summed E-state index contributed by atoms with van der Waals surface area (Å²) < 4.78 is 11.2. The molecule has 1 rings (SSSR count). The second kappa shape index (κ2) is 9.28. The number of carboxylic acids is 1. The highest BCUT2D eigenvalue weighted by atomic mass is 16.5. The van der Waals surface area contributed by atoms with Gasteiger partial charge in [-0.1, -0.05) is 0 Å². The summed E-state index contributed by atoms with van der Waals surface area (Å²) in [5.41, 5.74) is 0. The summed E-state index contributed by atoms with van der Waals surface area (Å²) in [4.78, 5) is 14.8. The van der Waals surface area contributed by atoms with Crippen LogP contribution in [0.25, 0.3) is 0 Å². The molecule has 0 radical (unpaired) electrons. The SMILES string of the molecule is CC(C)OCCCN1CCOC(CN(C)CC(=O)O)C1. The van der Waals surface area contributed by atoms with E-state index >= 15 is 0 Å². The number of carbonyl (C=O) groups is 1. The third-order valence-electron chi connectivity index (χ3n) is 3.21. The highest BCUT2D eigenvalue weighted by molar-refractivity contribution is 5.68. The van der Waals surface area contributed by atoms with Crippen LogP contribution in [0.4, 0.5) is 0 Å². The Kier molecular flexibility index (Phi) is 8.06. The fraction of sp³-hybridized carbons (Fsp3) is 0.929. The fourth-order valence-electron chi connectivity index (χ4n) is 2.34. The molecule has 1 unspecified atom stereocenters. The summed E-state index contributed by atoms with van der Waals surface area (Å²) >= 11 is 0. The third kappa shape index (κ3) is 7.79. The monoisotopic (exact) mass is 288 g/mol. The molecule has 118 valence electrons. The Labute approximate surface area is 121 Å². The topological polar surface area (TPSA) is 62.2 Å². The maximum absolute atomic E-state index is 10.6. The van der Waals surface area contributed by atoms with Crippen molar-refractivity contribution in [3.8, 4) is 0 Å². The summed E-state index contributed by atoms with van der Waals surface area (Å²) in [6.07, 6.45) is 1.41. The first-order valence-corrected chi connectivity index (χ1v) is 7.33. The predicted octanol–water partition coefficient (Wildman–Crippen LogP) is 0.519. The Balaban J connectivity index is 2.19. The van der Waals surface area contributed by atoms with Gasteiger partial charge in [-0.3, -0.25) is 14.6 Å². The molecule has 0 aliphatic carbocycles. The second-order valence-electron chi connectivity index (χ2n) is 5.66. The lowest BCUT2D eigenvalue weighted by molar-refractivity contribution is -0.138. The lowest BCUT2D eigenvalue weighted by Gasteiger charge is -2.34. The maximum Gasteiger partial charge on any atom is 0.317 e. The van der Waals surface area contributed by atoms with Crippen molar-refractivity contribution >= 4 is 5.97 Å². The zero-order valence-corrected chi connectivity index (χ0v) is 12.9. The van der Waals surface area contributed by atoms with Crippen molar-refractivity contribution in [1.82, 2.24) is 9.80 Å². The van der Waals surface area contributed by atoms with Gasteiger partial charge in [0.25, 0.3) is 0 Å². The molecule has 1 atom stereocenters. The Bertz CT molecular complexity index is 286. The van der Waals surface area contributed by atoms with Crippen LogP contribution in [0.2, 0.25) is 0 Å². The van der Waals surface area contributed by atoms with Crippen molar-refractivity contribution in [2.24, 2.45) is 0 Å². The van der Waals surface area contributed by atoms with Crippen molar-refractivity contribution in [2.75, 3.05) is 53.0 Å². The van der Waals surface area contributed by atoms with E-state index in [0.717, 1.165) is 39.3 Å². The molecule has 0 aromatic carbocycles. The fourth-order valence-corrected chi connectivity index (χ4v) is 2.34. The minimum absolute atomic E-state index is 0.0576. The van der Waals surface area contributed by atoms with Crippen molar-refractivity contribution in [3.05, 3.63) is 0 Å². The van der Waals surface area contributed by atoms with Gasteiger partial charge in [-0.05, 0) is 27.3 Å². The summed E-state index contributed by atoms with van der Waals surface area (Å²) in [6, 6.07) is 0. The average molecular weight is 288 g/mol. The Morgan fingerprint density at radius 2 is 2.30 bits per heavy atom. The molecule has 1 aliphatic rings. The Hall–Kier alpha value is -0.690. The zero-order chi connectivity index (χ0) is 15.0. The number of hydrogen-bond donors (Lipinski definition) is 1. The van der Waals surface area contributed by atoms with E-state index < -0.39 is 5.97 Å². The quantitative estimate of drug-likeness (QED) is 0.624. The van der Waals surface area contributed by atoms with Gasteiger partial charge in [-0.25, -0.2) is 0 Å². The van der Waals surface area contributed by atoms with Crippen molar-refractivity contribution < 1.29 is 19.4 Å². The van der Waals surface area contributed by atoms with Crippen LogP contribution in [-0.4, -0.2) is 86.1 Å². The largest absolute Gasteiger partial charge is 0.480 e. The lowest BCUT2D eigenvalue weighted by atomic mass is 10.2. The van der Waals surface area contributed by atoms with Crippen LogP contribution >= 0.6 is 0 Å². The standard InChI is InChI=1S/C14H28N2O4/c1-12(2)19-7-4-5-16-6-8-20-13(10-16)9-15(3)11-14(17)18/h12-13H,4-11H2,1-3H3,(H,17,18). The van der Waals surface area contributed by atoms with E-state index in [9.17, 15) is 4.79 Å². The van der Waals surface area contributed by atoms with Gasteiger partial charge in [0.05, 0.1) is 25.4 Å². The summed E-state index contributed by atoms with van der Waals surface area (Å²) in [7, 11) is 1.81. The number of carboxylic acid groups (broad SMARTS) is 1. The smallest absolute Gasteiger partial charge is 0.317 e. The number of nitrogens with zero attached hydrogens (tertiary/aromatic N) is 2. The number of ether oxygens (including phenoxy) is 2. The van der Waals surface area contributed by atoms with Gasteiger partial charge in [0.2, 0.25) is 0 Å². The highest BCUT2D eigenvalue weighted by Crippen LogP contribution is 2.07. The van der Waals surface area contributed by atoms with Crippen LogP contribution in [0.3, 0.4) is 0 Å². The number of aliphatic carboxylic acids is 1. The van der Waals surface area contributed by atoms with Gasteiger partial charge in [-0.2, -0.15) is 0 Å². The lowest BCUT2D eigenvalue weighted by Crippen LogP contribution is -2.47. The average Bonchev–Trinajstić information content (AvgIpc) is 2.33. The van der Waals surface area contributed by atoms with Crippen LogP contribution in [-0.2, 0) is 14.3 Å². The number of hydrogen-bond acceptors (Lipinski definition) is 5. The number of morpholine rings is 1. The zero-order valence-electron chi connectivity index (χ0n) is 12.9. The van der Waals surface area contributed by atoms with Crippen LogP contribution in [0.5, 0.6) is 0 Å². The van der Waals surface area contributed by atoms with Crippen LogP contribution in [0.15, 0.2) is 0 Å². The van der Waals surface area contributed by atoms with Gasteiger partial charge in [0.1, 0.15) is 0 Å². The molecule has 1 N–H and O–H groups in total. The molecule has 20 heavy (non-hydrogen) atoms. The van der Waals surface area contributed by atoms with Gasteiger partial charge in [0, 0.05) is 32.8 Å². The van der Waals surface area contributed by atoms with Gasteiger partial charge in [0.15, 0.2) is 0 Å². The summed E-state index contributed by atoms with van der Waals surface area (Å²) in [5.74, 6) is -0.800. The molecule has 1 heterocycles. The van der Waals surface area contributed by atoms with Gasteiger partial charge >= 0.3 is 5.97 Å². The second-order valence-corrected chi connectivity index (χ2v) is 5.66. The summed E-state index contributed by atoms with van der Waals surface area (Å²) in [5, 5.41) is 8.75. The predicted molar refractivity (Wildman–Crippen MR) is 77.0 cm³/mol. The molecule has 0 saturated carbocycles. The normalized spacial score (nSPS) is 20.8. The van der Waals surface area contributed by atoms with Crippen molar-refractivity contribution in [3.63, 3.8) is 0 Å². The van der Waals surface area contributed by atoms with E-state index in [-0.39, 0.29) is 18.8 Å². The molecule has 0 aromatic rings. The van der Waals surface area contributed by atoms with Gasteiger partial charge in [-0.15, -0.1) is 0 Å². The van der Waals surface area contributed by atoms with E-state index in [1.165, 1.54) is 0 Å². The summed E-state index contributed by atoms with van der Waals surface area (Å²) in [6.45, 7) is 9.14. The van der Waals surface area contributed by atoms with Crippen LogP contribution in [0, 0.1) is 0 Å². The number of rotatable bonds is 9. The molecule has 6 nitrogen and oxygen atoms in total. The highest BCUT2D eigenvalue weighted by Gasteiger charge is 2.21. The first-order valence-electron chi connectivity index (χ1n) is 7.33. The molecule has 0 bridgehead atoms. The minimum Gasteiger partial charge on any atom is -0.480 e. The van der Waals surface area contributed by atoms with Crippen LogP contribution in [0.1, 0.15) is 20.3 Å². The Morgan fingerprint density at radius 3 is 2.95 bits per heavy atom. The first kappa shape index (κ1) is 17.4. The van der Waals surface area contributed by atoms with E-state index in [1.807, 2.05) is 20.9 Å². The molecular weight excluding hydrogens is 260 g/mol. The van der Waals surface area contributed by atoms with Crippen molar-refractivity contribution in [2.45, 2.75) is 32.5 Å². The molecule has 0 amide bonds. The molecular formula is C14H28N2O4. The van der Waals surface area contributed by atoms with Gasteiger partial charge < -0.3 is 14.6 Å². The van der Waals surface area contributed by atoms with Crippen molar-refractivity contribution in [1.29, 1.82) is 0 Å². The minimum atomic E-state index is -0.800. The molecule has 6 heteroatoms. The number of likely N-dealkylation sites (N-methyl/N-ethyl adjacent to an activating group) is 1. The first-order chi connectivity index (χ1) is 9.47. The maximum atomic E-state index is 10.6. The molecule has 0 spiro atoms. The molecule has 1 fully saturated rings. The van der Waals surface area contributed by atoms with E-state index in [2.05, 4.69) is 4.90 Å². The molecule has 1 aliphatic heterocycles. The molecule has 1 saturated heterocycles.